The van der Waals surface area contributed by atoms with Gasteiger partial charge in [0.25, 0.3) is 0 Å². The van der Waals surface area contributed by atoms with E-state index in [-0.39, 0.29) is 5.91 Å². The minimum absolute atomic E-state index is 0.00634. The fourth-order valence-corrected chi connectivity index (χ4v) is 4.72. The van der Waals surface area contributed by atoms with Crippen molar-refractivity contribution in [2.45, 2.75) is 27.8 Å². The molecular weight excluding hydrogens is 426 g/mol. The molecule has 2 aromatic heterocycles. The number of thioether (sulfide) groups is 2. The molecule has 0 aliphatic carbocycles. The molecule has 3 aromatic rings. The van der Waals surface area contributed by atoms with Gasteiger partial charge in [-0.1, -0.05) is 58.5 Å². The Morgan fingerprint density at radius 3 is 2.70 bits per heavy atom. The number of carbonyl (C=O) groups excluding carboxylic acids is 1. The van der Waals surface area contributed by atoms with E-state index in [0.717, 1.165) is 20.7 Å². The van der Waals surface area contributed by atoms with Gasteiger partial charge in [0, 0.05) is 17.1 Å². The molecule has 1 amide bonds. The highest BCUT2D eigenvalue weighted by molar-refractivity contribution is 8.03. The van der Waals surface area contributed by atoms with Crippen molar-refractivity contribution in [2.24, 2.45) is 0 Å². The Bertz CT molecular complexity index is 884. The zero-order valence-electron chi connectivity index (χ0n) is 14.3. The highest BCUT2D eigenvalue weighted by Crippen LogP contribution is 2.30. The summed E-state index contributed by atoms with van der Waals surface area (Å²) in [6, 6.07) is 7.25. The van der Waals surface area contributed by atoms with E-state index in [1.807, 2.05) is 19.1 Å². The predicted molar refractivity (Wildman–Crippen MR) is 108 cm³/mol. The third-order valence-electron chi connectivity index (χ3n) is 3.18. The van der Waals surface area contributed by atoms with Gasteiger partial charge in [-0.2, -0.15) is 4.98 Å². The van der Waals surface area contributed by atoms with Crippen LogP contribution in [0.3, 0.4) is 0 Å². The van der Waals surface area contributed by atoms with Crippen LogP contribution in [0.15, 0.2) is 37.5 Å². The number of hydrogen-bond donors (Lipinski definition) is 1. The van der Waals surface area contributed by atoms with Gasteiger partial charge in [0.1, 0.15) is 0 Å². The standard InChI is InChI=1S/C16H16ClN5O2S3/c1-2-7-18-12(23)8-25-15-20-21-16(27-15)26-9-13-19-14(22-24-13)10-3-5-11(17)6-4-10/h3-6H,2,7-9H2,1H3,(H,18,23). The van der Waals surface area contributed by atoms with E-state index in [2.05, 4.69) is 25.7 Å². The Labute approximate surface area is 173 Å². The minimum atomic E-state index is 0.00634. The molecule has 2 heterocycles. The van der Waals surface area contributed by atoms with Crippen molar-refractivity contribution in [3.05, 3.63) is 35.2 Å². The van der Waals surface area contributed by atoms with Crippen LogP contribution in [0.5, 0.6) is 0 Å². The Hall–Kier alpha value is -1.62. The van der Waals surface area contributed by atoms with Gasteiger partial charge in [-0.3, -0.25) is 4.79 Å². The van der Waals surface area contributed by atoms with Crippen molar-refractivity contribution in [1.29, 1.82) is 0 Å². The van der Waals surface area contributed by atoms with Gasteiger partial charge < -0.3 is 9.84 Å². The summed E-state index contributed by atoms with van der Waals surface area (Å²) in [7, 11) is 0. The highest BCUT2D eigenvalue weighted by Gasteiger charge is 2.12. The first-order chi connectivity index (χ1) is 13.1. The van der Waals surface area contributed by atoms with E-state index in [1.165, 1.54) is 34.9 Å². The second kappa shape index (κ2) is 10.1. The molecule has 0 atom stereocenters. The van der Waals surface area contributed by atoms with Gasteiger partial charge in [-0.25, -0.2) is 0 Å². The fourth-order valence-electron chi connectivity index (χ4n) is 1.91. The molecule has 1 N–H and O–H groups in total. The average molecular weight is 442 g/mol. The summed E-state index contributed by atoms with van der Waals surface area (Å²) in [6.07, 6.45) is 0.922. The molecule has 1 aromatic carbocycles. The second-order valence-corrected chi connectivity index (χ2v) is 9.14. The van der Waals surface area contributed by atoms with E-state index >= 15 is 0 Å². The van der Waals surface area contributed by atoms with Gasteiger partial charge in [0.15, 0.2) is 8.68 Å². The molecule has 27 heavy (non-hydrogen) atoms. The van der Waals surface area contributed by atoms with Gasteiger partial charge >= 0.3 is 0 Å². The summed E-state index contributed by atoms with van der Waals surface area (Å²) in [5, 5.41) is 15.7. The number of carbonyl (C=O) groups is 1. The van der Waals surface area contributed by atoms with Crippen LogP contribution in [0.4, 0.5) is 0 Å². The van der Waals surface area contributed by atoms with Gasteiger partial charge in [0.2, 0.25) is 17.6 Å². The lowest BCUT2D eigenvalue weighted by Crippen LogP contribution is -2.25. The molecule has 0 aliphatic rings. The minimum Gasteiger partial charge on any atom is -0.355 e. The Morgan fingerprint density at radius 1 is 1.22 bits per heavy atom. The second-order valence-electron chi connectivity index (χ2n) is 5.28. The molecule has 0 radical (unpaired) electrons. The first kappa shape index (κ1) is 20.1. The average Bonchev–Trinajstić information content (AvgIpc) is 3.33. The van der Waals surface area contributed by atoms with Crippen LogP contribution < -0.4 is 5.32 Å². The monoisotopic (exact) mass is 441 g/mol. The SMILES string of the molecule is CCCNC(=O)CSc1nnc(SCc2nc(-c3ccc(Cl)cc3)no2)s1. The van der Waals surface area contributed by atoms with Crippen molar-refractivity contribution < 1.29 is 9.32 Å². The van der Waals surface area contributed by atoms with E-state index in [4.69, 9.17) is 16.1 Å². The summed E-state index contributed by atoms with van der Waals surface area (Å²) in [6.45, 7) is 2.71. The molecule has 142 valence electrons. The van der Waals surface area contributed by atoms with E-state index in [9.17, 15) is 4.79 Å². The lowest BCUT2D eigenvalue weighted by molar-refractivity contribution is -0.118. The van der Waals surface area contributed by atoms with Gasteiger partial charge in [-0.15, -0.1) is 10.2 Å². The van der Waals surface area contributed by atoms with Crippen LogP contribution in [0.2, 0.25) is 5.02 Å². The van der Waals surface area contributed by atoms with E-state index in [1.54, 1.807) is 12.1 Å². The van der Waals surface area contributed by atoms with Crippen LogP contribution in [-0.4, -0.2) is 38.5 Å². The van der Waals surface area contributed by atoms with Crippen LogP contribution >= 0.6 is 46.5 Å². The molecule has 3 rings (SSSR count). The number of hydrogen-bond acceptors (Lipinski definition) is 9. The van der Waals surface area contributed by atoms with Crippen LogP contribution in [0.1, 0.15) is 19.2 Å². The number of aromatic nitrogens is 4. The molecule has 0 saturated heterocycles. The summed E-state index contributed by atoms with van der Waals surface area (Å²) in [5.74, 6) is 1.87. The fraction of sp³-hybridized carbons (Fsp3) is 0.312. The Morgan fingerprint density at radius 2 is 1.96 bits per heavy atom. The summed E-state index contributed by atoms with van der Waals surface area (Å²) >= 11 is 10.2. The van der Waals surface area contributed by atoms with Crippen molar-refractivity contribution >= 4 is 52.4 Å². The van der Waals surface area contributed by atoms with E-state index in [0.29, 0.717) is 34.8 Å². The van der Waals surface area contributed by atoms with Crippen molar-refractivity contribution in [2.75, 3.05) is 12.3 Å². The van der Waals surface area contributed by atoms with Crippen LogP contribution in [0.25, 0.3) is 11.4 Å². The third-order valence-corrected chi connectivity index (χ3v) is 6.60. The number of halogens is 1. The Balaban J connectivity index is 1.49. The predicted octanol–water partition coefficient (Wildman–Crippen LogP) is 4.15. The molecule has 0 fully saturated rings. The molecule has 0 aliphatic heterocycles. The number of nitrogens with one attached hydrogen (secondary N) is 1. The van der Waals surface area contributed by atoms with Crippen molar-refractivity contribution in [3.63, 3.8) is 0 Å². The molecule has 0 unspecified atom stereocenters. The smallest absolute Gasteiger partial charge is 0.237 e. The zero-order chi connectivity index (χ0) is 19.1. The maximum Gasteiger partial charge on any atom is 0.237 e. The number of nitrogens with zero attached hydrogens (tertiary/aromatic N) is 4. The Kier molecular flexibility index (Phi) is 7.50. The topological polar surface area (TPSA) is 93.8 Å². The van der Waals surface area contributed by atoms with Gasteiger partial charge in [0.05, 0.1) is 11.5 Å². The highest BCUT2D eigenvalue weighted by atomic mass is 35.5. The molecule has 11 heteroatoms. The van der Waals surface area contributed by atoms with Crippen LogP contribution in [-0.2, 0) is 10.5 Å². The lowest BCUT2D eigenvalue weighted by atomic mass is 10.2. The van der Waals surface area contributed by atoms with Crippen molar-refractivity contribution in [1.82, 2.24) is 25.7 Å². The van der Waals surface area contributed by atoms with Crippen molar-refractivity contribution in [3.8, 4) is 11.4 Å². The summed E-state index contributed by atoms with van der Waals surface area (Å²) < 4.78 is 6.83. The maximum absolute atomic E-state index is 11.6. The lowest BCUT2D eigenvalue weighted by Gasteiger charge is -2.00. The van der Waals surface area contributed by atoms with Crippen LogP contribution in [0, 0.1) is 0 Å². The normalized spacial score (nSPS) is 10.9. The molecular formula is C16H16ClN5O2S3. The summed E-state index contributed by atoms with van der Waals surface area (Å²) in [4.78, 5) is 16.0. The molecule has 0 bridgehead atoms. The number of benzene rings is 1. The first-order valence-electron chi connectivity index (χ1n) is 8.08. The summed E-state index contributed by atoms with van der Waals surface area (Å²) in [5.41, 5.74) is 0.843. The quantitative estimate of drug-likeness (QED) is 0.495. The molecule has 0 spiro atoms. The van der Waals surface area contributed by atoms with E-state index < -0.39 is 0 Å². The largest absolute Gasteiger partial charge is 0.355 e. The molecule has 7 nitrogen and oxygen atoms in total. The number of amides is 1. The van der Waals surface area contributed by atoms with Gasteiger partial charge in [-0.05, 0) is 30.7 Å². The molecule has 0 saturated carbocycles. The third kappa shape index (κ3) is 6.20. The maximum atomic E-state index is 11.6. The number of rotatable bonds is 9. The zero-order valence-corrected chi connectivity index (χ0v) is 17.6. The first-order valence-corrected chi connectivity index (χ1v) is 11.2.